The van der Waals surface area contributed by atoms with E-state index in [2.05, 4.69) is 54.6 Å². The maximum absolute atomic E-state index is 5.97. The minimum atomic E-state index is 0.417. The molecule has 1 heteroatoms. The van der Waals surface area contributed by atoms with Gasteiger partial charge in [0, 0.05) is 18.4 Å². The molecular formula is C18H18O. The molecule has 1 heterocycles. The Bertz CT molecular complexity index is 575. The summed E-state index contributed by atoms with van der Waals surface area (Å²) in [5.74, 6) is 1.12. The van der Waals surface area contributed by atoms with Crippen molar-refractivity contribution in [3.05, 3.63) is 71.3 Å². The van der Waals surface area contributed by atoms with Crippen LogP contribution >= 0.6 is 0 Å². The molecule has 1 unspecified atom stereocenters. The first-order chi connectivity index (χ1) is 9.43. The second-order valence-electron chi connectivity index (χ2n) is 5.63. The molecule has 0 aromatic heterocycles. The lowest BCUT2D eigenvalue weighted by atomic mass is 9.72. The average molecular weight is 250 g/mol. The number of hydrogen-bond donors (Lipinski definition) is 0. The highest BCUT2D eigenvalue weighted by molar-refractivity contribution is 5.43. The van der Waals surface area contributed by atoms with Gasteiger partial charge in [-0.25, -0.2) is 0 Å². The summed E-state index contributed by atoms with van der Waals surface area (Å²) in [5.41, 5.74) is 4.45. The summed E-state index contributed by atoms with van der Waals surface area (Å²) >= 11 is 0. The molecule has 2 aromatic rings. The molecular weight excluding hydrogens is 232 g/mol. The van der Waals surface area contributed by atoms with E-state index in [1.54, 1.807) is 0 Å². The third-order valence-electron chi connectivity index (χ3n) is 4.65. The zero-order valence-corrected chi connectivity index (χ0v) is 11.0. The monoisotopic (exact) mass is 250 g/mol. The van der Waals surface area contributed by atoms with Crippen molar-refractivity contribution in [3.8, 4) is 0 Å². The third-order valence-corrected chi connectivity index (χ3v) is 4.65. The second kappa shape index (κ2) is 4.50. The van der Waals surface area contributed by atoms with Crippen LogP contribution < -0.4 is 0 Å². The quantitative estimate of drug-likeness (QED) is 0.740. The highest BCUT2D eigenvalue weighted by Crippen LogP contribution is 2.47. The predicted octanol–water partition coefficient (Wildman–Crippen LogP) is 4.09. The Balaban J connectivity index is 1.83. The van der Waals surface area contributed by atoms with Gasteiger partial charge >= 0.3 is 0 Å². The van der Waals surface area contributed by atoms with Crippen LogP contribution in [-0.4, -0.2) is 12.7 Å². The smallest absolute Gasteiger partial charge is 0.0653 e. The first-order valence-corrected chi connectivity index (χ1v) is 7.19. The highest BCUT2D eigenvalue weighted by Gasteiger charge is 2.38. The van der Waals surface area contributed by atoms with Crippen molar-refractivity contribution >= 4 is 0 Å². The topological polar surface area (TPSA) is 9.23 Å². The zero-order valence-electron chi connectivity index (χ0n) is 11.0. The summed E-state index contributed by atoms with van der Waals surface area (Å²) in [6.45, 7) is 0.922. The summed E-state index contributed by atoms with van der Waals surface area (Å²) in [5, 5.41) is 0. The molecule has 4 rings (SSSR count). The number of rotatable bonds is 1. The van der Waals surface area contributed by atoms with Gasteiger partial charge in [-0.15, -0.1) is 0 Å². The van der Waals surface area contributed by atoms with Gasteiger partial charge in [-0.3, -0.25) is 0 Å². The zero-order chi connectivity index (χ0) is 12.7. The Labute approximate surface area is 114 Å². The van der Waals surface area contributed by atoms with E-state index in [1.165, 1.54) is 23.1 Å². The van der Waals surface area contributed by atoms with E-state index in [0.29, 0.717) is 17.9 Å². The Morgan fingerprint density at radius 3 is 2.42 bits per heavy atom. The van der Waals surface area contributed by atoms with E-state index in [0.717, 1.165) is 13.0 Å². The summed E-state index contributed by atoms with van der Waals surface area (Å²) in [6, 6.07) is 19.8. The predicted molar refractivity (Wildman–Crippen MR) is 76.4 cm³/mol. The Hall–Kier alpha value is -1.60. The fraction of sp³-hybridized carbons (Fsp3) is 0.333. The molecule has 0 saturated carbocycles. The molecule has 0 N–H and O–H groups in total. The summed E-state index contributed by atoms with van der Waals surface area (Å²) in [7, 11) is 0. The van der Waals surface area contributed by atoms with Crippen LogP contribution in [-0.2, 0) is 4.74 Å². The van der Waals surface area contributed by atoms with Crippen molar-refractivity contribution in [2.45, 2.75) is 30.8 Å². The SMILES string of the molecule is c1ccc(C2C[C@@H]3OCC[C@@H]3c3ccccc32)cc1. The molecule has 2 aromatic carbocycles. The normalized spacial score (nSPS) is 28.7. The number of hydrogen-bond acceptors (Lipinski definition) is 1. The molecule has 1 aliphatic heterocycles. The van der Waals surface area contributed by atoms with Crippen LogP contribution in [0.25, 0.3) is 0 Å². The number of fused-ring (bicyclic) bond motifs is 3. The maximum atomic E-state index is 5.97. The van der Waals surface area contributed by atoms with Gasteiger partial charge in [0.1, 0.15) is 0 Å². The molecule has 2 aliphatic rings. The van der Waals surface area contributed by atoms with Crippen LogP contribution in [0, 0.1) is 0 Å². The lowest BCUT2D eigenvalue weighted by Gasteiger charge is -2.33. The molecule has 0 bridgehead atoms. The van der Waals surface area contributed by atoms with Gasteiger partial charge in [-0.2, -0.15) is 0 Å². The lowest BCUT2D eigenvalue weighted by molar-refractivity contribution is 0.0887. The van der Waals surface area contributed by atoms with E-state index >= 15 is 0 Å². The van der Waals surface area contributed by atoms with Gasteiger partial charge in [0.05, 0.1) is 6.10 Å². The van der Waals surface area contributed by atoms with Gasteiger partial charge in [-0.1, -0.05) is 54.6 Å². The lowest BCUT2D eigenvalue weighted by Crippen LogP contribution is -2.25. The van der Waals surface area contributed by atoms with Gasteiger partial charge in [0.25, 0.3) is 0 Å². The van der Waals surface area contributed by atoms with E-state index in [1.807, 2.05) is 0 Å². The van der Waals surface area contributed by atoms with Crippen LogP contribution in [0.2, 0.25) is 0 Å². The fourth-order valence-electron chi connectivity index (χ4n) is 3.76. The van der Waals surface area contributed by atoms with E-state index in [9.17, 15) is 0 Å². The molecule has 0 amide bonds. The minimum absolute atomic E-state index is 0.417. The maximum Gasteiger partial charge on any atom is 0.0653 e. The van der Waals surface area contributed by atoms with Gasteiger partial charge in [-0.05, 0) is 29.5 Å². The van der Waals surface area contributed by atoms with Gasteiger partial charge < -0.3 is 4.74 Å². The summed E-state index contributed by atoms with van der Waals surface area (Å²) in [6.07, 6.45) is 2.73. The highest BCUT2D eigenvalue weighted by atomic mass is 16.5. The fourth-order valence-corrected chi connectivity index (χ4v) is 3.76. The second-order valence-corrected chi connectivity index (χ2v) is 5.63. The van der Waals surface area contributed by atoms with Crippen LogP contribution in [0.4, 0.5) is 0 Å². The van der Waals surface area contributed by atoms with E-state index in [4.69, 9.17) is 4.74 Å². The Morgan fingerprint density at radius 1 is 0.842 bits per heavy atom. The molecule has 19 heavy (non-hydrogen) atoms. The van der Waals surface area contributed by atoms with Crippen LogP contribution in [0.3, 0.4) is 0 Å². The molecule has 3 atom stereocenters. The van der Waals surface area contributed by atoms with E-state index < -0.39 is 0 Å². The largest absolute Gasteiger partial charge is 0.378 e. The number of benzene rings is 2. The van der Waals surface area contributed by atoms with Crippen LogP contribution in [0.1, 0.15) is 41.4 Å². The molecule has 1 saturated heterocycles. The van der Waals surface area contributed by atoms with Crippen molar-refractivity contribution in [1.29, 1.82) is 0 Å². The third kappa shape index (κ3) is 1.81. The molecule has 96 valence electrons. The van der Waals surface area contributed by atoms with Crippen molar-refractivity contribution in [2.75, 3.05) is 6.61 Å². The van der Waals surface area contributed by atoms with Crippen molar-refractivity contribution < 1.29 is 4.74 Å². The van der Waals surface area contributed by atoms with Gasteiger partial charge in [0.15, 0.2) is 0 Å². The van der Waals surface area contributed by atoms with Crippen molar-refractivity contribution in [2.24, 2.45) is 0 Å². The van der Waals surface area contributed by atoms with Crippen molar-refractivity contribution in [1.82, 2.24) is 0 Å². The van der Waals surface area contributed by atoms with Crippen LogP contribution in [0.5, 0.6) is 0 Å². The Kier molecular flexibility index (Phi) is 2.66. The molecule has 0 radical (unpaired) electrons. The molecule has 0 spiro atoms. The molecule has 1 aliphatic carbocycles. The Morgan fingerprint density at radius 2 is 1.58 bits per heavy atom. The summed E-state index contributed by atoms with van der Waals surface area (Å²) < 4.78 is 5.97. The standard InChI is InChI=1S/C18H18O/c1-2-6-13(7-3-1)17-12-18-16(10-11-19-18)14-8-4-5-9-15(14)17/h1-9,16-18H,10-12H2/t16-,17?,18+/m1/s1. The summed E-state index contributed by atoms with van der Waals surface area (Å²) in [4.78, 5) is 0. The molecule has 1 nitrogen and oxygen atoms in total. The van der Waals surface area contributed by atoms with Crippen LogP contribution in [0.15, 0.2) is 54.6 Å². The van der Waals surface area contributed by atoms with E-state index in [-0.39, 0.29) is 0 Å². The molecule has 1 fully saturated rings. The average Bonchev–Trinajstić information content (AvgIpc) is 2.96. The number of ether oxygens (including phenoxy) is 1. The van der Waals surface area contributed by atoms with Crippen molar-refractivity contribution in [3.63, 3.8) is 0 Å². The van der Waals surface area contributed by atoms with Gasteiger partial charge in [0.2, 0.25) is 0 Å². The first kappa shape index (κ1) is 11.2. The first-order valence-electron chi connectivity index (χ1n) is 7.19. The minimum Gasteiger partial charge on any atom is -0.378 e.